The van der Waals surface area contributed by atoms with Crippen molar-refractivity contribution in [1.29, 1.82) is 0 Å². The van der Waals surface area contributed by atoms with Gasteiger partial charge in [0, 0.05) is 13.6 Å². The Hall–Kier alpha value is -2.16. The van der Waals surface area contributed by atoms with Crippen LogP contribution in [-0.2, 0) is 10.0 Å². The summed E-state index contributed by atoms with van der Waals surface area (Å²) < 4.78 is 39.9. The fourth-order valence-corrected chi connectivity index (χ4v) is 3.90. The third kappa shape index (κ3) is 5.43. The quantitative estimate of drug-likeness (QED) is 0.657. The lowest BCUT2D eigenvalue weighted by Gasteiger charge is -2.20. The Kier molecular flexibility index (Phi) is 7.40. The highest BCUT2D eigenvalue weighted by Crippen LogP contribution is 2.26. The zero-order chi connectivity index (χ0) is 20.9. The van der Waals surface area contributed by atoms with Crippen LogP contribution in [0, 0.1) is 5.82 Å². The second kappa shape index (κ2) is 9.36. The lowest BCUT2D eigenvalue weighted by molar-refractivity contribution is 0.0952. The van der Waals surface area contributed by atoms with Gasteiger partial charge in [-0.1, -0.05) is 11.6 Å². The predicted molar refractivity (Wildman–Crippen MR) is 109 cm³/mol. The molecule has 0 saturated heterocycles. The molecule has 9 heteroatoms. The first-order valence-corrected chi connectivity index (χ1v) is 10.4. The number of halogens is 2. The molecule has 0 aliphatic rings. The van der Waals surface area contributed by atoms with E-state index in [0.29, 0.717) is 12.2 Å². The summed E-state index contributed by atoms with van der Waals surface area (Å²) in [6.45, 7) is 1.25. The topological polar surface area (TPSA) is 69.7 Å². The standard InChI is InChI=1S/C19H23ClFN3O3S/c1-23(2)12-4-11-22-19(25)17-13-16(9-10-18(17)20)28(26,27)24(3)15-7-5-14(21)6-8-15/h5-10,13H,4,11-12H2,1-3H3,(H,22,25). The molecule has 0 fully saturated rings. The van der Waals surface area contributed by atoms with Gasteiger partial charge in [-0.3, -0.25) is 9.10 Å². The highest BCUT2D eigenvalue weighted by atomic mass is 35.5. The van der Waals surface area contributed by atoms with E-state index in [2.05, 4.69) is 5.32 Å². The number of rotatable bonds is 8. The molecule has 0 unspecified atom stereocenters. The first-order chi connectivity index (χ1) is 13.1. The van der Waals surface area contributed by atoms with E-state index in [-0.39, 0.29) is 15.5 Å². The van der Waals surface area contributed by atoms with E-state index in [1.165, 1.54) is 49.5 Å². The van der Waals surface area contributed by atoms with Gasteiger partial charge in [0.2, 0.25) is 0 Å². The second-order valence-corrected chi connectivity index (χ2v) is 8.88. The third-order valence-corrected chi connectivity index (χ3v) is 6.21. The van der Waals surface area contributed by atoms with E-state index in [4.69, 9.17) is 11.6 Å². The Labute approximate surface area is 170 Å². The normalized spacial score (nSPS) is 11.5. The van der Waals surface area contributed by atoms with E-state index < -0.39 is 21.7 Å². The Bertz CT molecular complexity index is 934. The minimum Gasteiger partial charge on any atom is -0.352 e. The van der Waals surface area contributed by atoms with Crippen LogP contribution in [-0.4, -0.2) is 53.5 Å². The molecule has 0 aliphatic carbocycles. The van der Waals surface area contributed by atoms with Crippen molar-refractivity contribution in [3.63, 3.8) is 0 Å². The largest absolute Gasteiger partial charge is 0.352 e. The average molecular weight is 428 g/mol. The Morgan fingerprint density at radius 2 is 1.75 bits per heavy atom. The van der Waals surface area contributed by atoms with Gasteiger partial charge in [-0.25, -0.2) is 12.8 Å². The number of carbonyl (C=O) groups is 1. The molecule has 2 rings (SSSR count). The number of sulfonamides is 1. The molecule has 28 heavy (non-hydrogen) atoms. The molecule has 0 heterocycles. The fourth-order valence-electron chi connectivity index (χ4n) is 2.48. The summed E-state index contributed by atoms with van der Waals surface area (Å²) in [6.07, 6.45) is 0.752. The van der Waals surface area contributed by atoms with Crippen molar-refractivity contribution in [2.75, 3.05) is 38.5 Å². The number of benzene rings is 2. The van der Waals surface area contributed by atoms with Crippen molar-refractivity contribution < 1.29 is 17.6 Å². The van der Waals surface area contributed by atoms with Gasteiger partial charge < -0.3 is 10.2 Å². The molecule has 6 nitrogen and oxygen atoms in total. The fraction of sp³-hybridized carbons (Fsp3) is 0.316. The molecule has 0 spiro atoms. The molecular weight excluding hydrogens is 405 g/mol. The van der Waals surface area contributed by atoms with E-state index >= 15 is 0 Å². The number of hydrogen-bond acceptors (Lipinski definition) is 4. The summed E-state index contributed by atoms with van der Waals surface area (Å²) >= 11 is 6.10. The van der Waals surface area contributed by atoms with Crippen molar-refractivity contribution in [3.05, 3.63) is 58.9 Å². The number of carbonyl (C=O) groups excluding carboxylic acids is 1. The summed E-state index contributed by atoms with van der Waals surface area (Å²) in [5, 5.41) is 2.90. The van der Waals surface area contributed by atoms with Crippen molar-refractivity contribution in [1.82, 2.24) is 10.2 Å². The first kappa shape index (κ1) is 22.1. The molecule has 2 aromatic rings. The van der Waals surface area contributed by atoms with E-state index in [1.807, 2.05) is 19.0 Å². The second-order valence-electron chi connectivity index (χ2n) is 6.50. The number of nitrogens with one attached hydrogen (secondary N) is 1. The molecule has 0 atom stereocenters. The van der Waals surface area contributed by atoms with Gasteiger partial charge in [-0.2, -0.15) is 0 Å². The summed E-state index contributed by atoms with van der Waals surface area (Å²) in [6, 6.07) is 9.04. The van der Waals surface area contributed by atoms with Crippen LogP contribution in [0.4, 0.5) is 10.1 Å². The van der Waals surface area contributed by atoms with Crippen LogP contribution in [0.3, 0.4) is 0 Å². The average Bonchev–Trinajstić information content (AvgIpc) is 2.65. The third-order valence-electron chi connectivity index (χ3n) is 4.10. The van der Waals surface area contributed by atoms with Gasteiger partial charge >= 0.3 is 0 Å². The molecular formula is C19H23ClFN3O3S. The molecule has 1 N–H and O–H groups in total. The molecule has 1 amide bonds. The van der Waals surface area contributed by atoms with Gasteiger partial charge in [0.25, 0.3) is 15.9 Å². The van der Waals surface area contributed by atoms with Crippen LogP contribution in [0.1, 0.15) is 16.8 Å². The highest BCUT2D eigenvalue weighted by molar-refractivity contribution is 7.92. The van der Waals surface area contributed by atoms with Crippen LogP contribution in [0.2, 0.25) is 5.02 Å². The van der Waals surface area contributed by atoms with Crippen LogP contribution in [0.15, 0.2) is 47.4 Å². The van der Waals surface area contributed by atoms with Gasteiger partial charge in [-0.15, -0.1) is 0 Å². The van der Waals surface area contributed by atoms with E-state index in [0.717, 1.165) is 17.3 Å². The van der Waals surface area contributed by atoms with E-state index in [9.17, 15) is 17.6 Å². The molecule has 0 bridgehead atoms. The first-order valence-electron chi connectivity index (χ1n) is 8.60. The summed E-state index contributed by atoms with van der Waals surface area (Å²) in [5.74, 6) is -0.903. The van der Waals surface area contributed by atoms with Gasteiger partial charge in [-0.05, 0) is 69.5 Å². The molecule has 0 radical (unpaired) electrons. The zero-order valence-corrected chi connectivity index (χ0v) is 17.5. The Morgan fingerprint density at radius 1 is 1.11 bits per heavy atom. The molecule has 0 aliphatic heterocycles. The van der Waals surface area contributed by atoms with Gasteiger partial charge in [0.15, 0.2) is 0 Å². The van der Waals surface area contributed by atoms with Crippen LogP contribution < -0.4 is 9.62 Å². The molecule has 0 saturated carbocycles. The van der Waals surface area contributed by atoms with Crippen LogP contribution >= 0.6 is 11.6 Å². The van der Waals surface area contributed by atoms with Crippen LogP contribution in [0.5, 0.6) is 0 Å². The number of hydrogen-bond donors (Lipinski definition) is 1. The smallest absolute Gasteiger partial charge is 0.264 e. The molecule has 2 aromatic carbocycles. The minimum absolute atomic E-state index is 0.0813. The zero-order valence-electron chi connectivity index (χ0n) is 15.9. The highest BCUT2D eigenvalue weighted by Gasteiger charge is 2.23. The lowest BCUT2D eigenvalue weighted by Crippen LogP contribution is -2.29. The SMILES string of the molecule is CN(C)CCCNC(=O)c1cc(S(=O)(=O)N(C)c2ccc(F)cc2)ccc1Cl. The maximum atomic E-state index is 13.1. The molecule has 0 aromatic heterocycles. The van der Waals surface area contributed by atoms with Crippen LogP contribution in [0.25, 0.3) is 0 Å². The van der Waals surface area contributed by atoms with E-state index in [1.54, 1.807) is 0 Å². The van der Waals surface area contributed by atoms with Gasteiger partial charge in [0.05, 0.1) is 21.2 Å². The van der Waals surface area contributed by atoms with Gasteiger partial charge in [0.1, 0.15) is 5.82 Å². The minimum atomic E-state index is -3.95. The van der Waals surface area contributed by atoms with Crippen molar-refractivity contribution in [2.24, 2.45) is 0 Å². The summed E-state index contributed by atoms with van der Waals surface area (Å²) in [5.41, 5.74) is 0.381. The maximum Gasteiger partial charge on any atom is 0.264 e. The van der Waals surface area contributed by atoms with Crippen molar-refractivity contribution in [3.8, 4) is 0 Å². The Balaban J connectivity index is 2.23. The van der Waals surface area contributed by atoms with Crippen molar-refractivity contribution in [2.45, 2.75) is 11.3 Å². The summed E-state index contributed by atoms with van der Waals surface area (Å²) in [4.78, 5) is 14.3. The molecule has 152 valence electrons. The Morgan fingerprint density at radius 3 is 2.36 bits per heavy atom. The summed E-state index contributed by atoms with van der Waals surface area (Å²) in [7, 11) is 1.28. The number of amides is 1. The lowest BCUT2D eigenvalue weighted by atomic mass is 10.2. The monoisotopic (exact) mass is 427 g/mol. The number of nitrogens with zero attached hydrogens (tertiary/aromatic N) is 2. The predicted octanol–water partition coefficient (Wildman–Crippen LogP) is 2.99. The van der Waals surface area contributed by atoms with Crippen molar-refractivity contribution >= 4 is 33.2 Å². The number of anilines is 1. The maximum absolute atomic E-state index is 13.1.